The predicted octanol–water partition coefficient (Wildman–Crippen LogP) is 4.38. The van der Waals surface area contributed by atoms with Crippen molar-refractivity contribution in [2.45, 2.75) is 12.5 Å². The molecule has 1 atom stereocenters. The first-order chi connectivity index (χ1) is 8.59. The van der Waals surface area contributed by atoms with Crippen molar-refractivity contribution in [2.24, 2.45) is 5.73 Å². The fraction of sp³-hybridized carbons (Fsp3) is 0.143. The molecule has 2 N–H and O–H groups in total. The van der Waals surface area contributed by atoms with Gasteiger partial charge in [0.05, 0.1) is 0 Å². The van der Waals surface area contributed by atoms with E-state index in [4.69, 9.17) is 28.9 Å². The van der Waals surface area contributed by atoms with E-state index in [-0.39, 0.29) is 11.9 Å². The van der Waals surface area contributed by atoms with Gasteiger partial charge in [-0.15, -0.1) is 0 Å². The lowest BCUT2D eigenvalue weighted by molar-refractivity contribution is 0.593. The average Bonchev–Trinajstić information content (AvgIpc) is 2.34. The van der Waals surface area contributed by atoms with Crippen molar-refractivity contribution in [3.05, 3.63) is 69.5 Å². The molecular formula is C14H12Cl2FN. The fourth-order valence-electron chi connectivity index (χ4n) is 1.83. The van der Waals surface area contributed by atoms with Gasteiger partial charge in [-0.2, -0.15) is 0 Å². The number of hydrogen-bond donors (Lipinski definition) is 1. The summed E-state index contributed by atoms with van der Waals surface area (Å²) >= 11 is 12.0. The topological polar surface area (TPSA) is 26.0 Å². The highest BCUT2D eigenvalue weighted by Gasteiger charge is 2.15. The lowest BCUT2D eigenvalue weighted by Gasteiger charge is -2.15. The van der Waals surface area contributed by atoms with Gasteiger partial charge in [-0.3, -0.25) is 0 Å². The molecule has 2 aromatic carbocycles. The Labute approximate surface area is 115 Å². The molecule has 0 aromatic heterocycles. The van der Waals surface area contributed by atoms with E-state index in [2.05, 4.69) is 0 Å². The summed E-state index contributed by atoms with van der Waals surface area (Å²) in [5.41, 5.74) is 7.27. The maximum absolute atomic E-state index is 13.7. The first-order valence-corrected chi connectivity index (χ1v) is 6.28. The molecule has 2 aromatic rings. The Morgan fingerprint density at radius 2 is 1.67 bits per heavy atom. The second kappa shape index (κ2) is 5.70. The van der Waals surface area contributed by atoms with Crippen molar-refractivity contribution in [2.75, 3.05) is 0 Å². The molecule has 1 unspecified atom stereocenters. The average molecular weight is 284 g/mol. The van der Waals surface area contributed by atoms with E-state index >= 15 is 0 Å². The first-order valence-electron chi connectivity index (χ1n) is 5.52. The van der Waals surface area contributed by atoms with Gasteiger partial charge in [-0.25, -0.2) is 4.39 Å². The molecule has 0 aliphatic rings. The summed E-state index contributed by atoms with van der Waals surface area (Å²) in [5, 5.41) is 0.968. The van der Waals surface area contributed by atoms with Gasteiger partial charge >= 0.3 is 0 Å². The molecule has 2 rings (SSSR count). The van der Waals surface area contributed by atoms with Crippen molar-refractivity contribution in [3.8, 4) is 0 Å². The van der Waals surface area contributed by atoms with E-state index < -0.39 is 0 Å². The molecule has 94 valence electrons. The molecule has 0 saturated carbocycles. The van der Waals surface area contributed by atoms with Gasteiger partial charge in [0.15, 0.2) is 0 Å². The van der Waals surface area contributed by atoms with Crippen molar-refractivity contribution < 1.29 is 4.39 Å². The lowest BCUT2D eigenvalue weighted by atomic mass is 9.99. The van der Waals surface area contributed by atoms with Crippen LogP contribution >= 0.6 is 23.2 Å². The number of nitrogens with two attached hydrogens (primary N) is 1. The van der Waals surface area contributed by atoms with Crippen molar-refractivity contribution in [1.82, 2.24) is 0 Å². The van der Waals surface area contributed by atoms with Crippen LogP contribution in [0.1, 0.15) is 17.2 Å². The van der Waals surface area contributed by atoms with Gasteiger partial charge in [0.2, 0.25) is 0 Å². The Balaban J connectivity index is 2.27. The zero-order chi connectivity index (χ0) is 13.1. The van der Waals surface area contributed by atoms with Crippen LogP contribution in [0.15, 0.2) is 42.5 Å². The fourth-order valence-corrected chi connectivity index (χ4v) is 2.35. The smallest absolute Gasteiger partial charge is 0.127 e. The van der Waals surface area contributed by atoms with E-state index in [0.29, 0.717) is 22.0 Å². The van der Waals surface area contributed by atoms with E-state index in [1.165, 1.54) is 6.07 Å². The maximum Gasteiger partial charge on any atom is 0.127 e. The molecule has 0 saturated heterocycles. The van der Waals surface area contributed by atoms with E-state index in [9.17, 15) is 4.39 Å². The Bertz CT molecular complexity index is 537. The monoisotopic (exact) mass is 283 g/mol. The molecule has 0 amide bonds. The van der Waals surface area contributed by atoms with Crippen molar-refractivity contribution >= 4 is 23.2 Å². The van der Waals surface area contributed by atoms with Gasteiger partial charge < -0.3 is 5.73 Å². The van der Waals surface area contributed by atoms with Crippen LogP contribution in [-0.4, -0.2) is 0 Å². The largest absolute Gasteiger partial charge is 0.324 e. The number of rotatable bonds is 3. The highest BCUT2D eigenvalue weighted by atomic mass is 35.5. The van der Waals surface area contributed by atoms with Gasteiger partial charge in [0.1, 0.15) is 5.82 Å². The molecule has 18 heavy (non-hydrogen) atoms. The molecule has 0 radical (unpaired) electrons. The molecule has 0 heterocycles. The molecule has 0 bridgehead atoms. The summed E-state index contributed by atoms with van der Waals surface area (Å²) in [6, 6.07) is 11.5. The van der Waals surface area contributed by atoms with Crippen LogP contribution in [0.2, 0.25) is 10.0 Å². The van der Waals surface area contributed by atoms with Crippen LogP contribution < -0.4 is 5.73 Å². The molecule has 0 fully saturated rings. The summed E-state index contributed by atoms with van der Waals surface area (Å²) in [6.45, 7) is 0. The second-order valence-electron chi connectivity index (χ2n) is 4.03. The standard InChI is InChI=1S/C14H12Cl2FN/c15-11-5-2-1-4-9(11)14(18)8-10-12(16)6-3-7-13(10)17/h1-7,14H,8,18H2. The summed E-state index contributed by atoms with van der Waals surface area (Å²) < 4.78 is 13.7. The normalized spacial score (nSPS) is 12.4. The number of hydrogen-bond acceptors (Lipinski definition) is 1. The maximum atomic E-state index is 13.7. The summed E-state index contributed by atoms with van der Waals surface area (Å²) in [6.07, 6.45) is 0.315. The molecule has 0 aliphatic heterocycles. The highest BCUT2D eigenvalue weighted by Crippen LogP contribution is 2.27. The first kappa shape index (κ1) is 13.3. The third-order valence-electron chi connectivity index (χ3n) is 2.79. The van der Waals surface area contributed by atoms with Gasteiger partial charge in [-0.05, 0) is 30.2 Å². The van der Waals surface area contributed by atoms with Crippen LogP contribution in [0.3, 0.4) is 0 Å². The van der Waals surface area contributed by atoms with Gasteiger partial charge in [0, 0.05) is 21.7 Å². The third kappa shape index (κ3) is 2.83. The number of benzene rings is 2. The Morgan fingerprint density at radius 1 is 1.00 bits per heavy atom. The minimum atomic E-state index is -0.381. The summed E-state index contributed by atoms with van der Waals surface area (Å²) in [4.78, 5) is 0. The minimum Gasteiger partial charge on any atom is -0.324 e. The third-order valence-corrected chi connectivity index (χ3v) is 3.49. The van der Waals surface area contributed by atoms with E-state index in [0.717, 1.165) is 5.56 Å². The molecule has 4 heteroatoms. The summed E-state index contributed by atoms with van der Waals surface area (Å²) in [5.74, 6) is -0.343. The minimum absolute atomic E-state index is 0.315. The Kier molecular flexibility index (Phi) is 4.23. The Morgan fingerprint density at radius 3 is 2.33 bits per heavy atom. The Hall–Kier alpha value is -1.09. The van der Waals surface area contributed by atoms with Crippen LogP contribution in [0.4, 0.5) is 4.39 Å². The number of halogens is 3. The van der Waals surface area contributed by atoms with Gasteiger partial charge in [-0.1, -0.05) is 47.5 Å². The molecule has 0 spiro atoms. The molecule has 0 aliphatic carbocycles. The van der Waals surface area contributed by atoms with Crippen molar-refractivity contribution in [3.63, 3.8) is 0 Å². The SMILES string of the molecule is NC(Cc1c(F)cccc1Cl)c1ccccc1Cl. The van der Waals surface area contributed by atoms with Gasteiger partial charge in [0.25, 0.3) is 0 Å². The van der Waals surface area contributed by atoms with Crippen LogP contribution in [0.25, 0.3) is 0 Å². The van der Waals surface area contributed by atoms with E-state index in [1.807, 2.05) is 18.2 Å². The highest BCUT2D eigenvalue weighted by molar-refractivity contribution is 6.31. The lowest BCUT2D eigenvalue weighted by Crippen LogP contribution is -2.15. The zero-order valence-electron chi connectivity index (χ0n) is 9.54. The quantitative estimate of drug-likeness (QED) is 0.889. The zero-order valence-corrected chi connectivity index (χ0v) is 11.0. The second-order valence-corrected chi connectivity index (χ2v) is 4.85. The van der Waals surface area contributed by atoms with Crippen LogP contribution in [-0.2, 0) is 6.42 Å². The van der Waals surface area contributed by atoms with Crippen LogP contribution in [0.5, 0.6) is 0 Å². The molecule has 1 nitrogen and oxygen atoms in total. The molecular weight excluding hydrogens is 272 g/mol. The summed E-state index contributed by atoms with van der Waals surface area (Å²) in [7, 11) is 0. The predicted molar refractivity (Wildman–Crippen MR) is 73.5 cm³/mol. The van der Waals surface area contributed by atoms with E-state index in [1.54, 1.807) is 18.2 Å². The van der Waals surface area contributed by atoms with Crippen LogP contribution in [0, 0.1) is 5.82 Å². The van der Waals surface area contributed by atoms with Crippen molar-refractivity contribution in [1.29, 1.82) is 0 Å².